The summed E-state index contributed by atoms with van der Waals surface area (Å²) in [5, 5.41) is 12.2. The molecule has 0 aromatic carbocycles. The van der Waals surface area contributed by atoms with Crippen LogP contribution in [0.1, 0.15) is 45.4 Å². The smallest absolute Gasteiger partial charge is 0.320 e. The van der Waals surface area contributed by atoms with Gasteiger partial charge in [0.15, 0.2) is 0 Å². The molecule has 2 N–H and O–H groups in total. The highest BCUT2D eigenvalue weighted by Gasteiger charge is 2.27. The third-order valence-electron chi connectivity index (χ3n) is 3.27. The number of aliphatic carboxylic acids is 1. The van der Waals surface area contributed by atoms with E-state index in [0.717, 1.165) is 38.5 Å². The Balaban J connectivity index is 2.38. The maximum absolute atomic E-state index is 10.9. The second kappa shape index (κ2) is 6.86. The average molecular weight is 229 g/mol. The van der Waals surface area contributed by atoms with E-state index in [1.807, 2.05) is 0 Å². The molecule has 1 rings (SSSR count). The van der Waals surface area contributed by atoms with E-state index in [4.69, 9.17) is 9.84 Å². The Morgan fingerprint density at radius 1 is 1.56 bits per heavy atom. The molecule has 4 heteroatoms. The topological polar surface area (TPSA) is 58.6 Å². The highest BCUT2D eigenvalue weighted by molar-refractivity contribution is 5.73. The predicted molar refractivity (Wildman–Crippen MR) is 62.5 cm³/mol. The van der Waals surface area contributed by atoms with Crippen LogP contribution in [0.5, 0.6) is 0 Å². The SMILES string of the molecule is CCCC(CC1CCCC(C(=O)O)N1)OC. The minimum atomic E-state index is -0.728. The van der Waals surface area contributed by atoms with Crippen LogP contribution < -0.4 is 5.32 Å². The molecule has 0 radical (unpaired) electrons. The van der Waals surface area contributed by atoms with Gasteiger partial charge >= 0.3 is 5.97 Å². The number of hydrogen-bond acceptors (Lipinski definition) is 3. The Bertz CT molecular complexity index is 220. The first-order valence-corrected chi connectivity index (χ1v) is 6.19. The van der Waals surface area contributed by atoms with Gasteiger partial charge in [-0.1, -0.05) is 13.3 Å². The Morgan fingerprint density at radius 2 is 2.31 bits per heavy atom. The van der Waals surface area contributed by atoms with Crippen molar-refractivity contribution in [2.75, 3.05) is 7.11 Å². The normalized spacial score (nSPS) is 27.6. The Kier molecular flexibility index (Phi) is 5.77. The largest absolute Gasteiger partial charge is 0.480 e. The molecule has 0 aromatic heterocycles. The summed E-state index contributed by atoms with van der Waals surface area (Å²) >= 11 is 0. The zero-order chi connectivity index (χ0) is 12.0. The molecule has 0 spiro atoms. The van der Waals surface area contributed by atoms with Crippen LogP contribution in [0.3, 0.4) is 0 Å². The number of carbonyl (C=O) groups is 1. The van der Waals surface area contributed by atoms with Crippen LogP contribution in [0.25, 0.3) is 0 Å². The van der Waals surface area contributed by atoms with Gasteiger partial charge in [-0.15, -0.1) is 0 Å². The summed E-state index contributed by atoms with van der Waals surface area (Å²) in [4.78, 5) is 10.9. The molecular weight excluding hydrogens is 206 g/mol. The standard InChI is InChI=1S/C12H23NO3/c1-3-5-10(16-2)8-9-6-4-7-11(13-9)12(14)15/h9-11,13H,3-8H2,1-2H3,(H,14,15). The van der Waals surface area contributed by atoms with E-state index >= 15 is 0 Å². The summed E-state index contributed by atoms with van der Waals surface area (Å²) in [6.07, 6.45) is 6.14. The lowest BCUT2D eigenvalue weighted by atomic mass is 9.93. The van der Waals surface area contributed by atoms with Crippen molar-refractivity contribution in [1.29, 1.82) is 0 Å². The van der Waals surface area contributed by atoms with E-state index in [9.17, 15) is 4.79 Å². The minimum Gasteiger partial charge on any atom is -0.480 e. The molecule has 1 heterocycles. The van der Waals surface area contributed by atoms with Gasteiger partial charge in [-0.2, -0.15) is 0 Å². The van der Waals surface area contributed by atoms with Crippen LogP contribution in [-0.4, -0.2) is 36.4 Å². The second-order valence-corrected chi connectivity index (χ2v) is 4.57. The zero-order valence-electron chi connectivity index (χ0n) is 10.2. The first-order valence-electron chi connectivity index (χ1n) is 6.19. The molecule has 3 atom stereocenters. The predicted octanol–water partition coefficient (Wildman–Crippen LogP) is 1.79. The number of hydrogen-bond donors (Lipinski definition) is 2. The average Bonchev–Trinajstić information content (AvgIpc) is 2.29. The van der Waals surface area contributed by atoms with Gasteiger partial charge in [-0.3, -0.25) is 4.79 Å². The summed E-state index contributed by atoms with van der Waals surface area (Å²) in [6, 6.07) is -0.0655. The number of carboxylic acid groups (broad SMARTS) is 1. The number of piperidine rings is 1. The maximum Gasteiger partial charge on any atom is 0.320 e. The molecule has 1 saturated heterocycles. The summed E-state index contributed by atoms with van der Waals surface area (Å²) in [5.41, 5.74) is 0. The summed E-state index contributed by atoms with van der Waals surface area (Å²) in [5.74, 6) is -0.728. The van der Waals surface area contributed by atoms with Crippen molar-refractivity contribution in [3.05, 3.63) is 0 Å². The Labute approximate surface area is 97.4 Å². The molecule has 16 heavy (non-hydrogen) atoms. The van der Waals surface area contributed by atoms with Crippen molar-refractivity contribution in [3.8, 4) is 0 Å². The number of methoxy groups -OCH3 is 1. The first-order chi connectivity index (χ1) is 7.67. The van der Waals surface area contributed by atoms with E-state index in [0.29, 0.717) is 6.04 Å². The first kappa shape index (κ1) is 13.5. The fraction of sp³-hybridized carbons (Fsp3) is 0.917. The van der Waals surface area contributed by atoms with Crippen LogP contribution in [-0.2, 0) is 9.53 Å². The minimum absolute atomic E-state index is 0.259. The molecular formula is C12H23NO3. The van der Waals surface area contributed by atoms with E-state index in [1.165, 1.54) is 0 Å². The lowest BCUT2D eigenvalue weighted by Gasteiger charge is -2.30. The van der Waals surface area contributed by atoms with Gasteiger partial charge in [-0.25, -0.2) is 0 Å². The molecule has 0 aromatic rings. The molecule has 0 saturated carbocycles. The van der Waals surface area contributed by atoms with Crippen molar-refractivity contribution in [3.63, 3.8) is 0 Å². The van der Waals surface area contributed by atoms with Gasteiger partial charge in [-0.05, 0) is 32.1 Å². The molecule has 94 valence electrons. The van der Waals surface area contributed by atoms with E-state index in [1.54, 1.807) is 7.11 Å². The van der Waals surface area contributed by atoms with Crippen LogP contribution in [0.2, 0.25) is 0 Å². The third kappa shape index (κ3) is 4.10. The highest BCUT2D eigenvalue weighted by atomic mass is 16.5. The van der Waals surface area contributed by atoms with Gasteiger partial charge < -0.3 is 15.2 Å². The van der Waals surface area contributed by atoms with Crippen LogP contribution in [0.15, 0.2) is 0 Å². The van der Waals surface area contributed by atoms with Gasteiger partial charge in [0.25, 0.3) is 0 Å². The van der Waals surface area contributed by atoms with Crippen LogP contribution in [0.4, 0.5) is 0 Å². The molecule has 1 aliphatic heterocycles. The van der Waals surface area contributed by atoms with E-state index < -0.39 is 5.97 Å². The molecule has 0 aliphatic carbocycles. The number of carboxylic acids is 1. The second-order valence-electron chi connectivity index (χ2n) is 4.57. The van der Waals surface area contributed by atoms with Crippen molar-refractivity contribution in [2.45, 2.75) is 63.6 Å². The molecule has 4 nitrogen and oxygen atoms in total. The number of ether oxygens (including phenoxy) is 1. The van der Waals surface area contributed by atoms with Crippen molar-refractivity contribution in [2.24, 2.45) is 0 Å². The lowest BCUT2D eigenvalue weighted by molar-refractivity contribution is -0.140. The highest BCUT2D eigenvalue weighted by Crippen LogP contribution is 2.19. The van der Waals surface area contributed by atoms with Gasteiger partial charge in [0.1, 0.15) is 6.04 Å². The monoisotopic (exact) mass is 229 g/mol. The molecule has 0 bridgehead atoms. The third-order valence-corrected chi connectivity index (χ3v) is 3.27. The summed E-state index contributed by atoms with van der Waals surface area (Å²) < 4.78 is 5.40. The lowest BCUT2D eigenvalue weighted by Crippen LogP contribution is -2.47. The van der Waals surface area contributed by atoms with Gasteiger partial charge in [0, 0.05) is 13.2 Å². The Hall–Kier alpha value is -0.610. The molecule has 3 unspecified atom stereocenters. The van der Waals surface area contributed by atoms with Gasteiger partial charge in [0.2, 0.25) is 0 Å². The van der Waals surface area contributed by atoms with E-state index in [2.05, 4.69) is 12.2 Å². The zero-order valence-corrected chi connectivity index (χ0v) is 10.2. The van der Waals surface area contributed by atoms with Gasteiger partial charge in [0.05, 0.1) is 6.10 Å². The molecule has 0 amide bonds. The van der Waals surface area contributed by atoms with Crippen molar-refractivity contribution >= 4 is 5.97 Å². The molecule has 1 aliphatic rings. The van der Waals surface area contributed by atoms with Crippen LogP contribution >= 0.6 is 0 Å². The summed E-state index contributed by atoms with van der Waals surface area (Å²) in [7, 11) is 1.73. The quantitative estimate of drug-likeness (QED) is 0.729. The maximum atomic E-state index is 10.9. The fourth-order valence-electron chi connectivity index (χ4n) is 2.37. The van der Waals surface area contributed by atoms with Crippen LogP contribution in [0, 0.1) is 0 Å². The van der Waals surface area contributed by atoms with E-state index in [-0.39, 0.29) is 12.1 Å². The van der Waals surface area contributed by atoms with Crippen molar-refractivity contribution in [1.82, 2.24) is 5.32 Å². The summed E-state index contributed by atoms with van der Waals surface area (Å²) in [6.45, 7) is 2.14. The molecule has 1 fully saturated rings. The Morgan fingerprint density at radius 3 is 2.88 bits per heavy atom. The number of nitrogens with one attached hydrogen (secondary N) is 1. The number of rotatable bonds is 6. The fourth-order valence-corrected chi connectivity index (χ4v) is 2.37. The van der Waals surface area contributed by atoms with Crippen molar-refractivity contribution < 1.29 is 14.6 Å².